The summed E-state index contributed by atoms with van der Waals surface area (Å²) in [5.74, 6) is 0.667. The van der Waals surface area contributed by atoms with Gasteiger partial charge in [0.05, 0.1) is 22.6 Å². The summed E-state index contributed by atoms with van der Waals surface area (Å²) in [4.78, 5) is 19.8. The summed E-state index contributed by atoms with van der Waals surface area (Å²) in [5, 5.41) is 1.01. The van der Waals surface area contributed by atoms with E-state index in [-0.39, 0.29) is 0 Å². The Hall–Kier alpha value is -7.04. The van der Waals surface area contributed by atoms with Gasteiger partial charge in [0.15, 0.2) is 5.82 Å². The van der Waals surface area contributed by atoms with Gasteiger partial charge in [0, 0.05) is 34.5 Å². The standard InChI is InChI=1S/C48H32N4/c1-4-12-33(13-5-1)35-19-21-36(22-20-35)40-28-41(39-24-26-46(50-32-39)45-18-10-11-27-49-45)30-42(29-40)48-51-44-25-23-38(34-14-6-2-7-15-34)31-43(44)47(52-48)37-16-8-3-9-17-37/h1-32H. The van der Waals surface area contributed by atoms with Gasteiger partial charge in [-0.1, -0.05) is 133 Å². The normalized spacial score (nSPS) is 11.1. The van der Waals surface area contributed by atoms with E-state index in [0.29, 0.717) is 5.82 Å². The first-order valence-electron chi connectivity index (χ1n) is 17.4. The van der Waals surface area contributed by atoms with Gasteiger partial charge in [0.25, 0.3) is 0 Å². The van der Waals surface area contributed by atoms with Gasteiger partial charge in [-0.3, -0.25) is 9.97 Å². The highest BCUT2D eigenvalue weighted by molar-refractivity contribution is 5.96. The average molecular weight is 665 g/mol. The molecule has 0 bridgehead atoms. The molecule has 244 valence electrons. The van der Waals surface area contributed by atoms with Crippen molar-refractivity contribution in [2.45, 2.75) is 0 Å². The smallest absolute Gasteiger partial charge is 0.160 e. The third kappa shape index (κ3) is 6.26. The predicted octanol–water partition coefficient (Wildman–Crippen LogP) is 12.1. The minimum atomic E-state index is 0.667. The Bertz CT molecular complexity index is 2520. The molecule has 4 nitrogen and oxygen atoms in total. The maximum absolute atomic E-state index is 5.32. The summed E-state index contributed by atoms with van der Waals surface area (Å²) in [6.45, 7) is 0. The van der Waals surface area contributed by atoms with Crippen molar-refractivity contribution in [3.63, 3.8) is 0 Å². The van der Waals surface area contributed by atoms with Gasteiger partial charge >= 0.3 is 0 Å². The van der Waals surface area contributed by atoms with E-state index in [1.807, 2.05) is 48.7 Å². The van der Waals surface area contributed by atoms with E-state index in [1.165, 1.54) is 11.1 Å². The van der Waals surface area contributed by atoms with Crippen LogP contribution in [0.3, 0.4) is 0 Å². The van der Waals surface area contributed by atoms with Crippen molar-refractivity contribution in [1.82, 2.24) is 19.9 Å². The van der Waals surface area contributed by atoms with Crippen LogP contribution in [-0.2, 0) is 0 Å². The highest BCUT2D eigenvalue weighted by Gasteiger charge is 2.16. The zero-order valence-corrected chi connectivity index (χ0v) is 28.3. The number of aromatic nitrogens is 4. The van der Waals surface area contributed by atoms with Crippen molar-refractivity contribution in [1.29, 1.82) is 0 Å². The molecule has 0 aliphatic heterocycles. The van der Waals surface area contributed by atoms with E-state index in [2.05, 4.69) is 145 Å². The molecule has 3 aromatic heterocycles. The summed E-state index contributed by atoms with van der Waals surface area (Å²) in [5.41, 5.74) is 14.3. The molecule has 0 spiro atoms. The predicted molar refractivity (Wildman–Crippen MR) is 213 cm³/mol. The van der Waals surface area contributed by atoms with Crippen molar-refractivity contribution in [3.8, 4) is 78.5 Å². The lowest BCUT2D eigenvalue weighted by Gasteiger charge is -2.14. The third-order valence-corrected chi connectivity index (χ3v) is 9.39. The Kier molecular flexibility index (Phi) is 8.16. The minimum absolute atomic E-state index is 0.667. The fourth-order valence-corrected chi connectivity index (χ4v) is 6.69. The maximum Gasteiger partial charge on any atom is 0.160 e. The summed E-state index contributed by atoms with van der Waals surface area (Å²) in [7, 11) is 0. The summed E-state index contributed by atoms with van der Waals surface area (Å²) >= 11 is 0. The second kappa shape index (κ2) is 13.7. The Morgan fingerprint density at radius 2 is 0.827 bits per heavy atom. The highest BCUT2D eigenvalue weighted by Crippen LogP contribution is 2.36. The van der Waals surface area contributed by atoms with E-state index >= 15 is 0 Å². The maximum atomic E-state index is 5.32. The Morgan fingerprint density at radius 3 is 1.46 bits per heavy atom. The SMILES string of the molecule is c1ccc(-c2ccc(-c3cc(-c4ccc(-c5ccccn5)nc4)cc(-c4nc(-c5ccccc5)c5cc(-c6ccccc6)ccc5n4)c3)cc2)cc1. The monoisotopic (exact) mass is 664 g/mol. The second-order valence-corrected chi connectivity index (χ2v) is 12.7. The molecule has 0 fully saturated rings. The van der Waals surface area contributed by atoms with E-state index < -0.39 is 0 Å². The molecular weight excluding hydrogens is 633 g/mol. The fourth-order valence-electron chi connectivity index (χ4n) is 6.69. The van der Waals surface area contributed by atoms with Crippen molar-refractivity contribution < 1.29 is 0 Å². The number of hydrogen-bond donors (Lipinski definition) is 0. The summed E-state index contributed by atoms with van der Waals surface area (Å²) in [6.07, 6.45) is 3.71. The number of fused-ring (bicyclic) bond motifs is 1. The number of benzene rings is 6. The minimum Gasteiger partial charge on any atom is -0.255 e. The second-order valence-electron chi connectivity index (χ2n) is 12.7. The number of rotatable bonds is 7. The van der Waals surface area contributed by atoms with E-state index in [0.717, 1.165) is 72.5 Å². The average Bonchev–Trinajstić information content (AvgIpc) is 3.24. The topological polar surface area (TPSA) is 51.6 Å². The lowest BCUT2D eigenvalue weighted by molar-refractivity contribution is 1.23. The molecule has 0 aliphatic rings. The quantitative estimate of drug-likeness (QED) is 0.170. The number of nitrogens with zero attached hydrogens (tertiary/aromatic N) is 4. The summed E-state index contributed by atoms with van der Waals surface area (Å²) in [6, 6.07) is 63.1. The van der Waals surface area contributed by atoms with Crippen LogP contribution >= 0.6 is 0 Å². The van der Waals surface area contributed by atoms with Crippen LogP contribution < -0.4 is 0 Å². The molecule has 0 unspecified atom stereocenters. The third-order valence-electron chi connectivity index (χ3n) is 9.39. The molecule has 0 atom stereocenters. The lowest BCUT2D eigenvalue weighted by Crippen LogP contribution is -1.97. The first-order chi connectivity index (χ1) is 25.7. The zero-order valence-electron chi connectivity index (χ0n) is 28.3. The first-order valence-corrected chi connectivity index (χ1v) is 17.4. The Labute approximate surface area is 302 Å². The van der Waals surface area contributed by atoms with Crippen LogP contribution in [-0.4, -0.2) is 19.9 Å². The molecule has 9 aromatic rings. The molecule has 52 heavy (non-hydrogen) atoms. The van der Waals surface area contributed by atoms with Gasteiger partial charge in [-0.2, -0.15) is 0 Å². The van der Waals surface area contributed by atoms with Crippen LogP contribution in [0.15, 0.2) is 194 Å². The van der Waals surface area contributed by atoms with Gasteiger partial charge in [0.1, 0.15) is 0 Å². The lowest BCUT2D eigenvalue weighted by atomic mass is 9.94. The molecule has 6 aromatic carbocycles. The molecule has 0 amide bonds. The first kappa shape index (κ1) is 31.0. The molecule has 0 aliphatic carbocycles. The van der Waals surface area contributed by atoms with Crippen molar-refractivity contribution in [2.75, 3.05) is 0 Å². The molecule has 0 N–H and O–H groups in total. The fraction of sp³-hybridized carbons (Fsp3) is 0. The number of pyridine rings is 2. The van der Waals surface area contributed by atoms with Crippen molar-refractivity contribution in [3.05, 3.63) is 194 Å². The molecule has 0 saturated carbocycles. The van der Waals surface area contributed by atoms with Gasteiger partial charge in [-0.05, 0) is 87.5 Å². The van der Waals surface area contributed by atoms with Crippen LogP contribution in [0.25, 0.3) is 89.4 Å². The van der Waals surface area contributed by atoms with Crippen LogP contribution in [0, 0.1) is 0 Å². The molecule has 3 heterocycles. The van der Waals surface area contributed by atoms with Gasteiger partial charge < -0.3 is 0 Å². The van der Waals surface area contributed by atoms with Crippen molar-refractivity contribution >= 4 is 10.9 Å². The Balaban J connectivity index is 1.20. The van der Waals surface area contributed by atoms with Crippen LogP contribution in [0.1, 0.15) is 0 Å². The highest BCUT2D eigenvalue weighted by atomic mass is 14.9. The van der Waals surface area contributed by atoms with E-state index in [4.69, 9.17) is 15.0 Å². The van der Waals surface area contributed by atoms with E-state index in [1.54, 1.807) is 6.20 Å². The van der Waals surface area contributed by atoms with Gasteiger partial charge in [0.2, 0.25) is 0 Å². The number of hydrogen-bond acceptors (Lipinski definition) is 4. The largest absolute Gasteiger partial charge is 0.255 e. The molecule has 9 rings (SSSR count). The van der Waals surface area contributed by atoms with Gasteiger partial charge in [-0.25, -0.2) is 9.97 Å². The van der Waals surface area contributed by atoms with Gasteiger partial charge in [-0.15, -0.1) is 0 Å². The van der Waals surface area contributed by atoms with Crippen molar-refractivity contribution in [2.24, 2.45) is 0 Å². The van der Waals surface area contributed by atoms with Crippen LogP contribution in [0.2, 0.25) is 0 Å². The van der Waals surface area contributed by atoms with E-state index in [9.17, 15) is 0 Å². The molecule has 0 radical (unpaired) electrons. The molecule has 4 heteroatoms. The summed E-state index contributed by atoms with van der Waals surface area (Å²) < 4.78 is 0. The zero-order chi connectivity index (χ0) is 34.7. The molecule has 0 saturated heterocycles. The van der Waals surface area contributed by atoms with Crippen LogP contribution in [0.5, 0.6) is 0 Å². The van der Waals surface area contributed by atoms with Crippen LogP contribution in [0.4, 0.5) is 0 Å². The molecular formula is C48H32N4. The Morgan fingerprint density at radius 1 is 0.308 bits per heavy atom.